The van der Waals surface area contributed by atoms with Crippen molar-refractivity contribution < 1.29 is 9.90 Å². The van der Waals surface area contributed by atoms with Crippen molar-refractivity contribution >= 4 is 5.97 Å². The Bertz CT molecular complexity index is 436. The molecule has 104 valence electrons. The Labute approximate surface area is 114 Å². The molecule has 0 aromatic heterocycles. The molecule has 2 rings (SSSR count). The summed E-state index contributed by atoms with van der Waals surface area (Å²) in [6, 6.07) is 8.41. The van der Waals surface area contributed by atoms with Gasteiger partial charge in [-0.2, -0.15) is 0 Å². The highest BCUT2D eigenvalue weighted by molar-refractivity contribution is 5.78. The lowest BCUT2D eigenvalue weighted by Gasteiger charge is -2.28. The molecular formula is C15H22N2O2. The van der Waals surface area contributed by atoms with E-state index in [-0.39, 0.29) is 0 Å². The highest BCUT2D eigenvalue weighted by Gasteiger charge is 2.32. The van der Waals surface area contributed by atoms with Gasteiger partial charge in [-0.25, -0.2) is 0 Å². The Morgan fingerprint density at radius 2 is 1.95 bits per heavy atom. The van der Waals surface area contributed by atoms with E-state index in [4.69, 9.17) is 0 Å². The number of carboxylic acids is 1. The van der Waals surface area contributed by atoms with E-state index < -0.39 is 11.5 Å². The predicted molar refractivity (Wildman–Crippen MR) is 74.9 cm³/mol. The van der Waals surface area contributed by atoms with E-state index in [9.17, 15) is 9.90 Å². The fraction of sp³-hybridized carbons (Fsp3) is 0.533. The Morgan fingerprint density at radius 1 is 1.37 bits per heavy atom. The standard InChI is InChI=1S/C15H22N2O2/c1-3-16-15(2,14(18)19)8-9-17-10-12-6-4-5-7-13(12)11-17/h4-7,16H,3,8-11H2,1-2H3,(H,18,19). The molecule has 1 aliphatic heterocycles. The number of hydrogen-bond acceptors (Lipinski definition) is 3. The Balaban J connectivity index is 1.92. The van der Waals surface area contributed by atoms with Gasteiger partial charge in [0, 0.05) is 19.6 Å². The van der Waals surface area contributed by atoms with Crippen LogP contribution in [-0.4, -0.2) is 34.6 Å². The third-order valence-electron chi connectivity index (χ3n) is 3.87. The molecule has 0 spiro atoms. The van der Waals surface area contributed by atoms with E-state index in [1.54, 1.807) is 6.92 Å². The first kappa shape index (κ1) is 14.0. The highest BCUT2D eigenvalue weighted by Crippen LogP contribution is 2.23. The molecule has 1 unspecified atom stereocenters. The number of aliphatic carboxylic acids is 1. The van der Waals surface area contributed by atoms with Gasteiger partial charge in [-0.05, 0) is 31.0 Å². The van der Waals surface area contributed by atoms with Gasteiger partial charge in [0.05, 0.1) is 0 Å². The summed E-state index contributed by atoms with van der Waals surface area (Å²) in [7, 11) is 0. The second-order valence-corrected chi connectivity index (χ2v) is 5.40. The molecule has 0 saturated heterocycles. The lowest BCUT2D eigenvalue weighted by molar-refractivity contribution is -0.144. The number of benzene rings is 1. The molecule has 0 fully saturated rings. The smallest absolute Gasteiger partial charge is 0.323 e. The van der Waals surface area contributed by atoms with Gasteiger partial charge in [-0.15, -0.1) is 0 Å². The molecule has 1 aliphatic rings. The Morgan fingerprint density at radius 3 is 2.42 bits per heavy atom. The molecule has 1 atom stereocenters. The number of carboxylic acid groups (broad SMARTS) is 1. The lowest BCUT2D eigenvalue weighted by Crippen LogP contribution is -2.51. The van der Waals surface area contributed by atoms with E-state index in [0.29, 0.717) is 13.0 Å². The molecule has 1 aromatic rings. The van der Waals surface area contributed by atoms with E-state index >= 15 is 0 Å². The third kappa shape index (κ3) is 3.14. The average molecular weight is 262 g/mol. The van der Waals surface area contributed by atoms with Crippen molar-refractivity contribution in [2.24, 2.45) is 0 Å². The van der Waals surface area contributed by atoms with Crippen molar-refractivity contribution in [3.63, 3.8) is 0 Å². The number of rotatable bonds is 6. The van der Waals surface area contributed by atoms with Crippen LogP contribution in [0.3, 0.4) is 0 Å². The molecular weight excluding hydrogens is 240 g/mol. The van der Waals surface area contributed by atoms with Crippen LogP contribution in [0, 0.1) is 0 Å². The maximum atomic E-state index is 11.4. The number of nitrogens with one attached hydrogen (secondary N) is 1. The van der Waals surface area contributed by atoms with Crippen LogP contribution in [0.4, 0.5) is 0 Å². The Hall–Kier alpha value is -1.39. The molecule has 0 amide bonds. The molecule has 2 N–H and O–H groups in total. The van der Waals surface area contributed by atoms with Crippen LogP contribution in [0.5, 0.6) is 0 Å². The third-order valence-corrected chi connectivity index (χ3v) is 3.87. The minimum atomic E-state index is -0.830. The Kier molecular flexibility index (Phi) is 4.22. The summed E-state index contributed by atoms with van der Waals surface area (Å²) < 4.78 is 0. The second-order valence-electron chi connectivity index (χ2n) is 5.40. The summed E-state index contributed by atoms with van der Waals surface area (Å²) in [6.07, 6.45) is 0.615. The topological polar surface area (TPSA) is 52.6 Å². The zero-order valence-corrected chi connectivity index (χ0v) is 11.6. The van der Waals surface area contributed by atoms with Crippen molar-refractivity contribution in [1.82, 2.24) is 10.2 Å². The molecule has 1 aromatic carbocycles. The zero-order chi connectivity index (χ0) is 13.9. The number of hydrogen-bond donors (Lipinski definition) is 2. The van der Waals surface area contributed by atoms with Gasteiger partial charge in [0.1, 0.15) is 5.54 Å². The fourth-order valence-electron chi connectivity index (χ4n) is 2.60. The maximum absolute atomic E-state index is 11.4. The molecule has 19 heavy (non-hydrogen) atoms. The van der Waals surface area contributed by atoms with E-state index in [1.165, 1.54) is 11.1 Å². The predicted octanol–water partition coefficient (Wildman–Crippen LogP) is 1.85. The van der Waals surface area contributed by atoms with Crippen LogP contribution in [-0.2, 0) is 17.9 Å². The van der Waals surface area contributed by atoms with Gasteiger partial charge >= 0.3 is 5.97 Å². The second kappa shape index (κ2) is 5.72. The van der Waals surface area contributed by atoms with Crippen LogP contribution < -0.4 is 5.32 Å². The maximum Gasteiger partial charge on any atom is 0.323 e. The molecule has 0 saturated carbocycles. The van der Waals surface area contributed by atoms with Crippen molar-refractivity contribution in [3.8, 4) is 0 Å². The summed E-state index contributed by atoms with van der Waals surface area (Å²) in [5.74, 6) is -0.772. The van der Waals surface area contributed by atoms with E-state index in [1.807, 2.05) is 6.92 Å². The first-order valence-electron chi connectivity index (χ1n) is 6.83. The van der Waals surface area contributed by atoms with Gasteiger partial charge in [0.15, 0.2) is 0 Å². The minimum Gasteiger partial charge on any atom is -0.480 e. The van der Waals surface area contributed by atoms with Gasteiger partial charge in [-0.3, -0.25) is 9.69 Å². The summed E-state index contributed by atoms with van der Waals surface area (Å²) in [4.78, 5) is 13.7. The number of nitrogens with zero attached hydrogens (tertiary/aromatic N) is 1. The summed E-state index contributed by atoms with van der Waals surface area (Å²) in [6.45, 7) is 7.03. The number of fused-ring (bicyclic) bond motifs is 1. The van der Waals surface area contributed by atoms with Crippen LogP contribution in [0.25, 0.3) is 0 Å². The van der Waals surface area contributed by atoms with Crippen molar-refractivity contribution in [2.45, 2.75) is 38.9 Å². The quantitative estimate of drug-likeness (QED) is 0.821. The zero-order valence-electron chi connectivity index (χ0n) is 11.6. The summed E-state index contributed by atoms with van der Waals surface area (Å²) in [5.41, 5.74) is 1.90. The van der Waals surface area contributed by atoms with Crippen LogP contribution in [0.15, 0.2) is 24.3 Å². The monoisotopic (exact) mass is 262 g/mol. The average Bonchev–Trinajstić information content (AvgIpc) is 2.79. The van der Waals surface area contributed by atoms with Crippen LogP contribution >= 0.6 is 0 Å². The van der Waals surface area contributed by atoms with Crippen molar-refractivity contribution in [3.05, 3.63) is 35.4 Å². The summed E-state index contributed by atoms with van der Waals surface area (Å²) in [5, 5.41) is 12.4. The lowest BCUT2D eigenvalue weighted by atomic mass is 9.97. The van der Waals surface area contributed by atoms with Gasteiger partial charge < -0.3 is 10.4 Å². The van der Waals surface area contributed by atoms with E-state index in [2.05, 4.69) is 34.5 Å². The largest absolute Gasteiger partial charge is 0.480 e. The van der Waals surface area contributed by atoms with Crippen molar-refractivity contribution in [1.29, 1.82) is 0 Å². The first-order chi connectivity index (χ1) is 9.05. The normalized spacial score (nSPS) is 18.0. The number of likely N-dealkylation sites (N-methyl/N-ethyl adjacent to an activating group) is 1. The molecule has 4 heteroatoms. The van der Waals surface area contributed by atoms with Crippen molar-refractivity contribution in [2.75, 3.05) is 13.1 Å². The first-order valence-corrected chi connectivity index (χ1v) is 6.83. The van der Waals surface area contributed by atoms with Gasteiger partial charge in [0.25, 0.3) is 0 Å². The molecule has 4 nitrogen and oxygen atoms in total. The van der Waals surface area contributed by atoms with Gasteiger partial charge in [0.2, 0.25) is 0 Å². The fourth-order valence-corrected chi connectivity index (χ4v) is 2.60. The van der Waals surface area contributed by atoms with E-state index in [0.717, 1.165) is 19.6 Å². The molecule has 1 heterocycles. The summed E-state index contributed by atoms with van der Waals surface area (Å²) >= 11 is 0. The van der Waals surface area contributed by atoms with Crippen LogP contribution in [0.2, 0.25) is 0 Å². The van der Waals surface area contributed by atoms with Crippen LogP contribution in [0.1, 0.15) is 31.4 Å². The molecule has 0 bridgehead atoms. The van der Waals surface area contributed by atoms with Gasteiger partial charge in [-0.1, -0.05) is 31.2 Å². The molecule has 0 aliphatic carbocycles. The SMILES string of the molecule is CCNC(C)(CCN1Cc2ccccc2C1)C(=O)O. The molecule has 0 radical (unpaired) electrons. The minimum absolute atomic E-state index is 0.615. The number of carbonyl (C=O) groups is 1. The highest BCUT2D eigenvalue weighted by atomic mass is 16.4.